The van der Waals surface area contributed by atoms with E-state index >= 15 is 0 Å². The van der Waals surface area contributed by atoms with Gasteiger partial charge in [-0.15, -0.1) is 0 Å². The van der Waals surface area contributed by atoms with E-state index in [9.17, 15) is 9.18 Å². The number of anilines is 3. The molecule has 0 atom stereocenters. The van der Waals surface area contributed by atoms with Gasteiger partial charge in [0.15, 0.2) is 0 Å². The van der Waals surface area contributed by atoms with E-state index in [1.54, 1.807) is 30.6 Å². The van der Waals surface area contributed by atoms with E-state index in [1.165, 1.54) is 24.5 Å². The summed E-state index contributed by atoms with van der Waals surface area (Å²) in [5.41, 5.74) is 0.388. The molecule has 8 nitrogen and oxygen atoms in total. The van der Waals surface area contributed by atoms with E-state index in [1.807, 2.05) is 4.90 Å². The van der Waals surface area contributed by atoms with Crippen molar-refractivity contribution in [2.75, 3.05) is 41.3 Å². The number of piperazine rings is 1. The number of hydrogen-bond donors (Lipinski definition) is 1. The van der Waals surface area contributed by atoms with Crippen molar-refractivity contribution >= 4 is 23.5 Å². The molecule has 0 radical (unpaired) electrons. The van der Waals surface area contributed by atoms with E-state index in [4.69, 9.17) is 0 Å². The minimum absolute atomic E-state index is 0.121. The van der Waals surface area contributed by atoms with Gasteiger partial charge in [-0.25, -0.2) is 24.3 Å². The molecule has 3 aromatic rings. The van der Waals surface area contributed by atoms with Crippen molar-refractivity contribution in [2.45, 2.75) is 0 Å². The Hall–Kier alpha value is -3.62. The Balaban J connectivity index is 1.37. The Morgan fingerprint density at radius 1 is 0.857 bits per heavy atom. The molecule has 28 heavy (non-hydrogen) atoms. The van der Waals surface area contributed by atoms with Crippen LogP contribution in [-0.2, 0) is 0 Å². The monoisotopic (exact) mass is 379 g/mol. The fourth-order valence-electron chi connectivity index (χ4n) is 2.92. The summed E-state index contributed by atoms with van der Waals surface area (Å²) in [5, 5.41) is 2.52. The predicted octanol–water partition coefficient (Wildman–Crippen LogP) is 1.98. The van der Waals surface area contributed by atoms with Gasteiger partial charge in [0.1, 0.15) is 5.82 Å². The van der Waals surface area contributed by atoms with Crippen LogP contribution in [0.1, 0.15) is 10.4 Å². The smallest absolute Gasteiger partial charge is 0.258 e. The highest BCUT2D eigenvalue weighted by atomic mass is 19.1. The van der Waals surface area contributed by atoms with Crippen molar-refractivity contribution in [3.8, 4) is 0 Å². The fourth-order valence-corrected chi connectivity index (χ4v) is 2.92. The summed E-state index contributed by atoms with van der Waals surface area (Å²) in [6.07, 6.45) is 6.35. The van der Waals surface area contributed by atoms with Crippen LogP contribution in [0.2, 0.25) is 0 Å². The van der Waals surface area contributed by atoms with Crippen molar-refractivity contribution in [2.24, 2.45) is 0 Å². The minimum atomic E-state index is -0.492. The molecular formula is C19H18FN7O. The third-order valence-corrected chi connectivity index (χ3v) is 4.42. The molecule has 9 heteroatoms. The fraction of sp³-hybridized carbons (Fsp3) is 0.211. The highest BCUT2D eigenvalue weighted by Crippen LogP contribution is 2.16. The van der Waals surface area contributed by atoms with E-state index in [2.05, 4.69) is 30.2 Å². The maximum Gasteiger partial charge on any atom is 0.258 e. The Labute approximate surface area is 161 Å². The molecule has 0 aliphatic carbocycles. The van der Waals surface area contributed by atoms with Gasteiger partial charge in [0.2, 0.25) is 11.9 Å². The SMILES string of the molecule is O=C(Nc1ccccc1F)c1cnc(N2CCN(c3ncccn3)CC2)nc1. The van der Waals surface area contributed by atoms with Crippen molar-refractivity contribution in [3.63, 3.8) is 0 Å². The van der Waals surface area contributed by atoms with Crippen LogP contribution in [0.15, 0.2) is 55.1 Å². The molecule has 3 heterocycles. The van der Waals surface area contributed by atoms with Crippen molar-refractivity contribution in [3.05, 3.63) is 66.5 Å². The summed E-state index contributed by atoms with van der Waals surface area (Å²) < 4.78 is 13.7. The molecule has 1 aliphatic rings. The first kappa shape index (κ1) is 17.8. The molecule has 142 valence electrons. The molecule has 1 aliphatic heterocycles. The molecule has 0 bridgehead atoms. The lowest BCUT2D eigenvalue weighted by molar-refractivity contribution is 0.102. The highest BCUT2D eigenvalue weighted by Gasteiger charge is 2.21. The summed E-state index contributed by atoms with van der Waals surface area (Å²) in [5.74, 6) is 0.315. The maximum absolute atomic E-state index is 13.7. The van der Waals surface area contributed by atoms with Gasteiger partial charge in [0.05, 0.1) is 11.3 Å². The normalized spacial score (nSPS) is 14.0. The Bertz CT molecular complexity index is 944. The van der Waals surface area contributed by atoms with Crippen LogP contribution in [-0.4, -0.2) is 52.0 Å². The standard InChI is InChI=1S/C19H18FN7O/c20-15-4-1-2-5-16(15)25-17(28)14-12-23-19(24-13-14)27-10-8-26(9-11-27)18-21-6-3-7-22-18/h1-7,12-13H,8-11H2,(H,25,28). The first-order valence-corrected chi connectivity index (χ1v) is 8.85. The number of halogens is 1. The summed E-state index contributed by atoms with van der Waals surface area (Å²) in [6, 6.07) is 7.79. The van der Waals surface area contributed by atoms with Crippen molar-refractivity contribution in [1.82, 2.24) is 19.9 Å². The molecule has 0 unspecified atom stereocenters. The van der Waals surface area contributed by atoms with Crippen LogP contribution in [0, 0.1) is 5.82 Å². The zero-order valence-electron chi connectivity index (χ0n) is 15.0. The van der Waals surface area contributed by atoms with Crippen LogP contribution in [0.5, 0.6) is 0 Å². The van der Waals surface area contributed by atoms with Crippen LogP contribution >= 0.6 is 0 Å². The predicted molar refractivity (Wildman–Crippen MR) is 103 cm³/mol. The first-order valence-electron chi connectivity index (χ1n) is 8.85. The summed E-state index contributed by atoms with van der Waals surface area (Å²) in [6.45, 7) is 2.95. The van der Waals surface area contributed by atoms with Gasteiger partial charge >= 0.3 is 0 Å². The minimum Gasteiger partial charge on any atom is -0.337 e. The first-order chi connectivity index (χ1) is 13.7. The van der Waals surface area contributed by atoms with Crippen molar-refractivity contribution in [1.29, 1.82) is 0 Å². The summed E-state index contributed by atoms with van der Waals surface area (Å²) in [4.78, 5) is 33.5. The number of aromatic nitrogens is 4. The van der Waals surface area contributed by atoms with Crippen molar-refractivity contribution < 1.29 is 9.18 Å². The Morgan fingerprint density at radius 2 is 1.43 bits per heavy atom. The van der Waals surface area contributed by atoms with Gasteiger partial charge in [0, 0.05) is 51.0 Å². The van der Waals surface area contributed by atoms with E-state index in [0.717, 1.165) is 26.2 Å². The third kappa shape index (κ3) is 3.88. The molecule has 2 aromatic heterocycles. The van der Waals surface area contributed by atoms with Crippen LogP contribution in [0.3, 0.4) is 0 Å². The molecule has 1 fully saturated rings. The lowest BCUT2D eigenvalue weighted by atomic mass is 10.2. The zero-order valence-corrected chi connectivity index (χ0v) is 15.0. The lowest BCUT2D eigenvalue weighted by Crippen LogP contribution is -2.47. The Kier molecular flexibility index (Phi) is 5.05. The molecule has 0 saturated carbocycles. The number of nitrogens with zero attached hydrogens (tertiary/aromatic N) is 6. The number of benzene rings is 1. The molecule has 1 amide bonds. The van der Waals surface area contributed by atoms with E-state index in [-0.39, 0.29) is 11.3 Å². The second kappa shape index (κ2) is 7.95. The second-order valence-corrected chi connectivity index (χ2v) is 6.23. The van der Waals surface area contributed by atoms with Gasteiger partial charge in [-0.1, -0.05) is 12.1 Å². The average molecular weight is 379 g/mol. The number of para-hydroxylation sites is 1. The van der Waals surface area contributed by atoms with Crippen LogP contribution in [0.4, 0.5) is 22.0 Å². The van der Waals surface area contributed by atoms with E-state index < -0.39 is 11.7 Å². The summed E-state index contributed by atoms with van der Waals surface area (Å²) in [7, 11) is 0. The topological polar surface area (TPSA) is 87.1 Å². The van der Waals surface area contributed by atoms with Gasteiger partial charge in [0.25, 0.3) is 5.91 Å². The van der Waals surface area contributed by atoms with Gasteiger partial charge < -0.3 is 15.1 Å². The second-order valence-electron chi connectivity index (χ2n) is 6.23. The van der Waals surface area contributed by atoms with Crippen LogP contribution < -0.4 is 15.1 Å². The molecule has 4 rings (SSSR count). The van der Waals surface area contributed by atoms with Gasteiger partial charge in [-0.05, 0) is 18.2 Å². The number of nitrogens with one attached hydrogen (secondary N) is 1. The quantitative estimate of drug-likeness (QED) is 0.742. The average Bonchev–Trinajstić information content (AvgIpc) is 2.76. The number of carbonyl (C=O) groups excluding carboxylic acids is 1. The van der Waals surface area contributed by atoms with E-state index in [0.29, 0.717) is 11.9 Å². The maximum atomic E-state index is 13.7. The largest absolute Gasteiger partial charge is 0.337 e. The Morgan fingerprint density at radius 3 is 2.04 bits per heavy atom. The number of amides is 1. The highest BCUT2D eigenvalue weighted by molar-refractivity contribution is 6.03. The lowest BCUT2D eigenvalue weighted by Gasteiger charge is -2.34. The van der Waals surface area contributed by atoms with Gasteiger partial charge in [-0.3, -0.25) is 4.79 Å². The van der Waals surface area contributed by atoms with Crippen LogP contribution in [0.25, 0.3) is 0 Å². The number of carbonyl (C=O) groups is 1. The molecular weight excluding hydrogens is 361 g/mol. The molecule has 1 N–H and O–H groups in total. The number of rotatable bonds is 4. The summed E-state index contributed by atoms with van der Waals surface area (Å²) >= 11 is 0. The third-order valence-electron chi connectivity index (χ3n) is 4.42. The molecule has 0 spiro atoms. The molecule has 1 aromatic carbocycles. The number of hydrogen-bond acceptors (Lipinski definition) is 7. The molecule has 1 saturated heterocycles. The zero-order chi connectivity index (χ0) is 19.3. The van der Waals surface area contributed by atoms with Gasteiger partial charge in [-0.2, -0.15) is 0 Å².